The van der Waals surface area contributed by atoms with Gasteiger partial charge in [-0.2, -0.15) is 0 Å². The molecule has 22 heavy (non-hydrogen) atoms. The molecule has 0 aliphatic carbocycles. The number of hydrogen-bond acceptors (Lipinski definition) is 6. The average Bonchev–Trinajstić information content (AvgIpc) is 3.06. The third kappa shape index (κ3) is 4.28. The summed E-state index contributed by atoms with van der Waals surface area (Å²) in [5.41, 5.74) is 0.299. The monoisotopic (exact) mass is 331 g/mol. The summed E-state index contributed by atoms with van der Waals surface area (Å²) in [5.74, 6) is 0.0183. The van der Waals surface area contributed by atoms with Crippen molar-refractivity contribution in [1.29, 1.82) is 0 Å². The molecule has 1 aromatic heterocycles. The SMILES string of the molecule is Cc1noc(C)c1S(=O)(=O)NCCC(=O)NCC1CCCO1. The van der Waals surface area contributed by atoms with E-state index in [2.05, 4.69) is 15.2 Å². The summed E-state index contributed by atoms with van der Waals surface area (Å²) >= 11 is 0. The Kier molecular flexibility index (Phi) is 5.54. The highest BCUT2D eigenvalue weighted by Gasteiger charge is 2.24. The maximum Gasteiger partial charge on any atom is 0.245 e. The lowest BCUT2D eigenvalue weighted by Gasteiger charge is -2.11. The standard InChI is InChI=1S/C13H21N3O5S/c1-9-13(10(2)21-16-9)22(18,19)15-6-5-12(17)14-8-11-4-3-7-20-11/h11,15H,3-8H2,1-2H3,(H,14,17). The first-order valence-corrected chi connectivity index (χ1v) is 8.69. The van der Waals surface area contributed by atoms with Crippen molar-refractivity contribution in [3.8, 4) is 0 Å². The van der Waals surface area contributed by atoms with Gasteiger partial charge in [0.25, 0.3) is 0 Å². The van der Waals surface area contributed by atoms with Crippen LogP contribution < -0.4 is 10.0 Å². The fourth-order valence-electron chi connectivity index (χ4n) is 2.35. The minimum Gasteiger partial charge on any atom is -0.376 e. The van der Waals surface area contributed by atoms with E-state index >= 15 is 0 Å². The smallest absolute Gasteiger partial charge is 0.245 e. The highest BCUT2D eigenvalue weighted by Crippen LogP contribution is 2.18. The fraction of sp³-hybridized carbons (Fsp3) is 0.692. The number of hydrogen-bond donors (Lipinski definition) is 2. The Morgan fingerprint density at radius 3 is 2.77 bits per heavy atom. The zero-order valence-corrected chi connectivity index (χ0v) is 13.5. The number of ether oxygens (including phenoxy) is 1. The van der Waals surface area contributed by atoms with E-state index in [-0.39, 0.29) is 35.6 Å². The van der Waals surface area contributed by atoms with Crippen LogP contribution in [0.2, 0.25) is 0 Å². The largest absolute Gasteiger partial charge is 0.376 e. The van der Waals surface area contributed by atoms with Crippen LogP contribution in [0.1, 0.15) is 30.7 Å². The zero-order chi connectivity index (χ0) is 16.2. The van der Waals surface area contributed by atoms with Gasteiger partial charge in [0.2, 0.25) is 15.9 Å². The lowest BCUT2D eigenvalue weighted by atomic mass is 10.2. The Bertz CT molecular complexity index is 600. The molecular formula is C13H21N3O5S. The Labute approximate surface area is 129 Å². The van der Waals surface area contributed by atoms with E-state index in [9.17, 15) is 13.2 Å². The summed E-state index contributed by atoms with van der Waals surface area (Å²) in [6, 6.07) is 0. The third-order valence-corrected chi connectivity index (χ3v) is 5.14. The molecule has 0 aromatic carbocycles. The molecular weight excluding hydrogens is 310 g/mol. The molecule has 1 saturated heterocycles. The molecule has 1 aliphatic heterocycles. The van der Waals surface area contributed by atoms with Crippen LogP contribution in [0.3, 0.4) is 0 Å². The molecule has 8 nitrogen and oxygen atoms in total. The summed E-state index contributed by atoms with van der Waals surface area (Å²) < 4.78 is 36.9. The van der Waals surface area contributed by atoms with E-state index in [1.54, 1.807) is 6.92 Å². The maximum atomic E-state index is 12.1. The second-order valence-electron chi connectivity index (χ2n) is 5.24. The molecule has 1 amide bonds. The number of nitrogens with zero attached hydrogens (tertiary/aromatic N) is 1. The van der Waals surface area contributed by atoms with E-state index in [4.69, 9.17) is 9.26 Å². The van der Waals surface area contributed by atoms with Crippen molar-refractivity contribution in [3.63, 3.8) is 0 Å². The van der Waals surface area contributed by atoms with Crippen molar-refractivity contribution in [1.82, 2.24) is 15.2 Å². The van der Waals surface area contributed by atoms with Gasteiger partial charge in [0.1, 0.15) is 10.6 Å². The topological polar surface area (TPSA) is 111 Å². The Morgan fingerprint density at radius 2 is 2.18 bits per heavy atom. The van der Waals surface area contributed by atoms with Crippen molar-refractivity contribution >= 4 is 15.9 Å². The second-order valence-corrected chi connectivity index (χ2v) is 6.94. The molecule has 2 rings (SSSR count). The number of rotatable bonds is 7. The molecule has 1 unspecified atom stereocenters. The summed E-state index contributed by atoms with van der Waals surface area (Å²) in [7, 11) is -3.72. The molecule has 1 fully saturated rings. The van der Waals surface area contributed by atoms with Gasteiger partial charge in [-0.15, -0.1) is 0 Å². The van der Waals surface area contributed by atoms with Gasteiger partial charge in [0.15, 0.2) is 5.76 Å². The first kappa shape index (κ1) is 16.9. The number of amides is 1. The third-order valence-electron chi connectivity index (χ3n) is 3.43. The highest BCUT2D eigenvalue weighted by atomic mass is 32.2. The van der Waals surface area contributed by atoms with E-state index in [1.165, 1.54) is 6.92 Å². The van der Waals surface area contributed by atoms with Crippen molar-refractivity contribution in [2.75, 3.05) is 19.7 Å². The minimum absolute atomic E-state index is 0.0176. The lowest BCUT2D eigenvalue weighted by molar-refractivity contribution is -0.121. The summed E-state index contributed by atoms with van der Waals surface area (Å²) in [5, 5.41) is 6.35. The predicted octanol–water partition coefficient (Wildman–Crippen LogP) is 0.255. The summed E-state index contributed by atoms with van der Waals surface area (Å²) in [4.78, 5) is 11.7. The first-order valence-electron chi connectivity index (χ1n) is 7.21. The molecule has 0 saturated carbocycles. The molecule has 2 heterocycles. The normalized spacial score (nSPS) is 18.5. The van der Waals surface area contributed by atoms with Gasteiger partial charge in [-0.1, -0.05) is 5.16 Å². The van der Waals surface area contributed by atoms with E-state index in [0.717, 1.165) is 19.4 Å². The summed E-state index contributed by atoms with van der Waals surface area (Å²) in [6.07, 6.45) is 2.09. The molecule has 1 aromatic rings. The molecule has 1 aliphatic rings. The van der Waals surface area contributed by atoms with Crippen LogP contribution in [0.25, 0.3) is 0 Å². The molecule has 2 N–H and O–H groups in total. The molecule has 9 heteroatoms. The van der Waals surface area contributed by atoms with Crippen molar-refractivity contribution < 1.29 is 22.5 Å². The Balaban J connectivity index is 1.76. The van der Waals surface area contributed by atoms with E-state index < -0.39 is 10.0 Å². The zero-order valence-electron chi connectivity index (χ0n) is 12.7. The van der Waals surface area contributed by atoms with Gasteiger partial charge in [-0.05, 0) is 26.7 Å². The van der Waals surface area contributed by atoms with Crippen molar-refractivity contribution in [2.24, 2.45) is 0 Å². The fourth-order valence-corrected chi connectivity index (χ4v) is 3.71. The van der Waals surface area contributed by atoms with Crippen molar-refractivity contribution in [2.45, 2.75) is 44.1 Å². The van der Waals surface area contributed by atoms with Gasteiger partial charge in [0, 0.05) is 26.1 Å². The lowest BCUT2D eigenvalue weighted by Crippen LogP contribution is -2.34. The van der Waals surface area contributed by atoms with Crippen LogP contribution in [-0.2, 0) is 19.6 Å². The molecule has 0 spiro atoms. The minimum atomic E-state index is -3.72. The number of aryl methyl sites for hydroxylation is 2. The van der Waals surface area contributed by atoms with Crippen molar-refractivity contribution in [3.05, 3.63) is 11.5 Å². The van der Waals surface area contributed by atoms with Gasteiger partial charge in [-0.3, -0.25) is 4.79 Å². The van der Waals surface area contributed by atoms with Gasteiger partial charge < -0.3 is 14.6 Å². The quantitative estimate of drug-likeness (QED) is 0.741. The van der Waals surface area contributed by atoms with E-state index in [1.807, 2.05) is 0 Å². The van der Waals surface area contributed by atoms with Gasteiger partial charge in [-0.25, -0.2) is 13.1 Å². The Hall–Kier alpha value is -1.45. The maximum absolute atomic E-state index is 12.1. The Morgan fingerprint density at radius 1 is 1.41 bits per heavy atom. The average molecular weight is 331 g/mol. The number of aromatic nitrogens is 1. The molecule has 1 atom stereocenters. The number of nitrogens with one attached hydrogen (secondary N) is 2. The molecule has 124 valence electrons. The van der Waals surface area contributed by atoms with E-state index in [0.29, 0.717) is 12.2 Å². The van der Waals surface area contributed by atoms with Gasteiger partial charge >= 0.3 is 0 Å². The van der Waals surface area contributed by atoms with Crippen LogP contribution in [0.15, 0.2) is 9.42 Å². The van der Waals surface area contributed by atoms with Gasteiger partial charge in [0.05, 0.1) is 6.10 Å². The van der Waals surface area contributed by atoms with Crippen LogP contribution in [0.5, 0.6) is 0 Å². The number of sulfonamides is 1. The van der Waals surface area contributed by atoms with Crippen LogP contribution in [-0.4, -0.2) is 45.3 Å². The molecule has 0 radical (unpaired) electrons. The van der Waals surface area contributed by atoms with Crippen LogP contribution in [0.4, 0.5) is 0 Å². The molecule has 0 bridgehead atoms. The number of carbonyl (C=O) groups excluding carboxylic acids is 1. The predicted molar refractivity (Wildman–Crippen MR) is 77.8 cm³/mol. The summed E-state index contributed by atoms with van der Waals surface area (Å²) in [6.45, 7) is 4.30. The van der Waals surface area contributed by atoms with Crippen LogP contribution in [0, 0.1) is 13.8 Å². The first-order chi connectivity index (χ1) is 10.4. The number of carbonyl (C=O) groups is 1. The van der Waals surface area contributed by atoms with Crippen LogP contribution >= 0.6 is 0 Å². The highest BCUT2D eigenvalue weighted by molar-refractivity contribution is 7.89. The second kappa shape index (κ2) is 7.21.